The molecule has 1 aromatic rings. The van der Waals surface area contributed by atoms with Gasteiger partial charge in [0.15, 0.2) is 0 Å². The van der Waals surface area contributed by atoms with Gasteiger partial charge in [0.05, 0.1) is 12.2 Å². The Labute approximate surface area is 116 Å². The molecule has 0 heterocycles. The Morgan fingerprint density at radius 1 is 1.50 bits per heavy atom. The van der Waals surface area contributed by atoms with Crippen molar-refractivity contribution in [3.8, 4) is 0 Å². The summed E-state index contributed by atoms with van der Waals surface area (Å²) in [5.74, 6) is -1.56. The Bertz CT molecular complexity index is 517. The molecule has 0 spiro atoms. The summed E-state index contributed by atoms with van der Waals surface area (Å²) in [6.07, 6.45) is 1.49. The summed E-state index contributed by atoms with van der Waals surface area (Å²) in [5.41, 5.74) is 0.177. The fourth-order valence-corrected chi connectivity index (χ4v) is 1.69. The number of hydrogen-bond donors (Lipinski definition) is 2. The van der Waals surface area contributed by atoms with E-state index in [1.807, 2.05) is 0 Å². The Balaban J connectivity index is 3.05. The van der Waals surface area contributed by atoms with Gasteiger partial charge in [0.25, 0.3) is 5.91 Å². The molecule has 0 saturated carbocycles. The van der Waals surface area contributed by atoms with Crippen molar-refractivity contribution in [2.75, 3.05) is 25.0 Å². The van der Waals surface area contributed by atoms with E-state index in [0.717, 1.165) is 6.07 Å². The number of nitrogens with one attached hydrogen (secondary N) is 1. The zero-order valence-electron chi connectivity index (χ0n) is 11.2. The lowest BCUT2D eigenvalue weighted by molar-refractivity contribution is -0.114. The average molecular weight is 280 g/mol. The van der Waals surface area contributed by atoms with Gasteiger partial charge in [-0.3, -0.25) is 9.59 Å². The van der Waals surface area contributed by atoms with E-state index < -0.39 is 11.7 Å². The predicted octanol–water partition coefficient (Wildman–Crippen LogP) is 1.40. The van der Waals surface area contributed by atoms with Crippen LogP contribution in [0.1, 0.15) is 17.3 Å². The number of nitrogens with zero attached hydrogens (tertiary/aromatic N) is 1. The first-order chi connectivity index (χ1) is 9.49. The highest BCUT2D eigenvalue weighted by molar-refractivity contribution is 5.97. The predicted molar refractivity (Wildman–Crippen MR) is 73.9 cm³/mol. The van der Waals surface area contributed by atoms with Gasteiger partial charge in [-0.05, 0) is 18.2 Å². The van der Waals surface area contributed by atoms with E-state index in [2.05, 4.69) is 11.9 Å². The van der Waals surface area contributed by atoms with Crippen LogP contribution in [-0.4, -0.2) is 41.5 Å². The van der Waals surface area contributed by atoms with E-state index in [1.54, 1.807) is 0 Å². The summed E-state index contributed by atoms with van der Waals surface area (Å²) >= 11 is 0. The minimum absolute atomic E-state index is 0.0780. The third-order valence-corrected chi connectivity index (χ3v) is 2.52. The number of rotatable bonds is 6. The molecule has 2 N–H and O–H groups in total. The SMILES string of the molecule is C=CCN(CCO)C(=O)c1cc(NC(C)=O)ccc1F. The molecule has 0 radical (unpaired) electrons. The molecule has 0 aromatic heterocycles. The van der Waals surface area contributed by atoms with Crippen molar-refractivity contribution in [2.24, 2.45) is 0 Å². The van der Waals surface area contributed by atoms with E-state index in [1.165, 1.54) is 30.0 Å². The molecule has 0 unspecified atom stereocenters. The van der Waals surface area contributed by atoms with Gasteiger partial charge >= 0.3 is 0 Å². The molecule has 0 saturated heterocycles. The standard InChI is InChI=1S/C14H17FN2O3/c1-3-6-17(7-8-18)14(20)12-9-11(16-10(2)19)4-5-13(12)15/h3-5,9,18H,1,6-8H2,2H3,(H,16,19). The zero-order valence-corrected chi connectivity index (χ0v) is 11.2. The van der Waals surface area contributed by atoms with Crippen LogP contribution < -0.4 is 5.32 Å². The van der Waals surface area contributed by atoms with Crippen LogP contribution in [0.25, 0.3) is 0 Å². The quantitative estimate of drug-likeness (QED) is 0.774. The summed E-state index contributed by atoms with van der Waals surface area (Å²) in [6.45, 7) is 4.88. The first-order valence-corrected chi connectivity index (χ1v) is 6.07. The monoisotopic (exact) mass is 280 g/mol. The van der Waals surface area contributed by atoms with E-state index in [-0.39, 0.29) is 31.2 Å². The normalized spacial score (nSPS) is 9.95. The highest BCUT2D eigenvalue weighted by Gasteiger charge is 2.18. The molecule has 1 aromatic carbocycles. The van der Waals surface area contributed by atoms with Crippen molar-refractivity contribution in [3.63, 3.8) is 0 Å². The van der Waals surface area contributed by atoms with Crippen molar-refractivity contribution in [1.82, 2.24) is 4.90 Å². The molecule has 6 heteroatoms. The molecule has 2 amide bonds. The number of amides is 2. The van der Waals surface area contributed by atoms with E-state index in [9.17, 15) is 14.0 Å². The highest BCUT2D eigenvalue weighted by atomic mass is 19.1. The van der Waals surface area contributed by atoms with Gasteiger partial charge in [-0.15, -0.1) is 6.58 Å². The molecule has 108 valence electrons. The topological polar surface area (TPSA) is 69.6 Å². The number of carbonyl (C=O) groups is 2. The molecule has 5 nitrogen and oxygen atoms in total. The van der Waals surface area contributed by atoms with Crippen molar-refractivity contribution >= 4 is 17.5 Å². The Morgan fingerprint density at radius 3 is 2.75 bits per heavy atom. The smallest absolute Gasteiger partial charge is 0.257 e. The first kappa shape index (κ1) is 15.8. The zero-order chi connectivity index (χ0) is 15.1. The second-order valence-corrected chi connectivity index (χ2v) is 4.14. The third kappa shape index (κ3) is 4.17. The number of halogens is 1. The number of carbonyl (C=O) groups excluding carboxylic acids is 2. The maximum atomic E-state index is 13.7. The second kappa shape index (κ2) is 7.40. The Morgan fingerprint density at radius 2 is 2.20 bits per heavy atom. The van der Waals surface area contributed by atoms with Crippen molar-refractivity contribution in [3.05, 3.63) is 42.2 Å². The molecular weight excluding hydrogens is 263 g/mol. The molecule has 1 rings (SSSR count). The van der Waals surface area contributed by atoms with Gasteiger partial charge < -0.3 is 15.3 Å². The van der Waals surface area contributed by atoms with Gasteiger partial charge in [-0.2, -0.15) is 0 Å². The van der Waals surface area contributed by atoms with Gasteiger partial charge in [0.1, 0.15) is 5.82 Å². The van der Waals surface area contributed by atoms with Gasteiger partial charge in [-0.25, -0.2) is 4.39 Å². The molecule has 20 heavy (non-hydrogen) atoms. The maximum Gasteiger partial charge on any atom is 0.257 e. The number of aliphatic hydroxyl groups is 1. The van der Waals surface area contributed by atoms with Crippen LogP contribution in [0.4, 0.5) is 10.1 Å². The summed E-state index contributed by atoms with van der Waals surface area (Å²) in [6, 6.07) is 3.76. The fraction of sp³-hybridized carbons (Fsp3) is 0.286. The number of anilines is 1. The molecule has 0 bridgehead atoms. The second-order valence-electron chi connectivity index (χ2n) is 4.14. The van der Waals surface area contributed by atoms with Crippen molar-refractivity contribution < 1.29 is 19.1 Å². The van der Waals surface area contributed by atoms with E-state index in [0.29, 0.717) is 5.69 Å². The summed E-state index contributed by atoms with van der Waals surface area (Å²) < 4.78 is 13.7. The molecular formula is C14H17FN2O3. The minimum Gasteiger partial charge on any atom is -0.395 e. The van der Waals surface area contributed by atoms with E-state index >= 15 is 0 Å². The fourth-order valence-electron chi connectivity index (χ4n) is 1.69. The van der Waals surface area contributed by atoms with Crippen LogP contribution >= 0.6 is 0 Å². The number of hydrogen-bond acceptors (Lipinski definition) is 3. The van der Waals surface area contributed by atoms with Crippen LogP contribution in [0.5, 0.6) is 0 Å². The van der Waals surface area contributed by atoms with Gasteiger partial charge in [0.2, 0.25) is 5.91 Å². The third-order valence-electron chi connectivity index (χ3n) is 2.52. The summed E-state index contributed by atoms with van der Waals surface area (Å²) in [5, 5.41) is 11.4. The molecule has 0 aliphatic rings. The molecule has 0 atom stereocenters. The lowest BCUT2D eigenvalue weighted by atomic mass is 10.1. The highest BCUT2D eigenvalue weighted by Crippen LogP contribution is 2.17. The Kier molecular flexibility index (Phi) is 5.86. The van der Waals surface area contributed by atoms with Crippen LogP contribution in [0, 0.1) is 5.82 Å². The molecule has 0 fully saturated rings. The lowest BCUT2D eigenvalue weighted by Gasteiger charge is -2.20. The minimum atomic E-state index is -0.684. The van der Waals surface area contributed by atoms with E-state index in [4.69, 9.17) is 5.11 Å². The Hall–Kier alpha value is -2.21. The van der Waals surface area contributed by atoms with Gasteiger partial charge in [-0.1, -0.05) is 6.08 Å². The first-order valence-electron chi connectivity index (χ1n) is 6.07. The average Bonchev–Trinajstić information content (AvgIpc) is 2.39. The molecule has 0 aliphatic heterocycles. The lowest BCUT2D eigenvalue weighted by Crippen LogP contribution is -2.34. The van der Waals surface area contributed by atoms with Crippen LogP contribution in [-0.2, 0) is 4.79 Å². The van der Waals surface area contributed by atoms with Crippen LogP contribution in [0.2, 0.25) is 0 Å². The van der Waals surface area contributed by atoms with Crippen molar-refractivity contribution in [2.45, 2.75) is 6.92 Å². The van der Waals surface area contributed by atoms with Gasteiger partial charge in [0, 0.05) is 25.7 Å². The summed E-state index contributed by atoms with van der Waals surface area (Å²) in [4.78, 5) is 24.4. The van der Waals surface area contributed by atoms with Crippen molar-refractivity contribution in [1.29, 1.82) is 0 Å². The largest absolute Gasteiger partial charge is 0.395 e. The molecule has 0 aliphatic carbocycles. The van der Waals surface area contributed by atoms with Crippen LogP contribution in [0.15, 0.2) is 30.9 Å². The van der Waals surface area contributed by atoms with Crippen LogP contribution in [0.3, 0.4) is 0 Å². The number of benzene rings is 1. The maximum absolute atomic E-state index is 13.7. The number of aliphatic hydroxyl groups excluding tert-OH is 1. The summed E-state index contributed by atoms with van der Waals surface area (Å²) in [7, 11) is 0.